The van der Waals surface area contributed by atoms with Gasteiger partial charge in [0.05, 0.1) is 14.2 Å². The molecule has 1 aliphatic rings. The lowest BCUT2D eigenvalue weighted by Crippen LogP contribution is -2.35. The molecular formula is C15H19NO4. The van der Waals surface area contributed by atoms with Crippen molar-refractivity contribution in [3.63, 3.8) is 0 Å². The van der Waals surface area contributed by atoms with Crippen molar-refractivity contribution in [2.75, 3.05) is 28.3 Å². The van der Waals surface area contributed by atoms with Crippen LogP contribution < -0.4 is 9.47 Å². The quantitative estimate of drug-likeness (QED) is 0.841. The van der Waals surface area contributed by atoms with E-state index in [4.69, 9.17) is 9.47 Å². The molecule has 1 aromatic rings. The maximum atomic E-state index is 12.3. The average molecular weight is 277 g/mol. The molecule has 0 radical (unpaired) electrons. The Hall–Kier alpha value is -2.04. The van der Waals surface area contributed by atoms with Crippen LogP contribution in [0.5, 0.6) is 11.5 Å². The lowest BCUT2D eigenvalue weighted by Gasteiger charge is -2.26. The normalized spacial score (nSPS) is 17.4. The molecule has 0 fully saturated rings. The van der Waals surface area contributed by atoms with Crippen molar-refractivity contribution < 1.29 is 19.1 Å². The third kappa shape index (κ3) is 2.48. The zero-order chi connectivity index (χ0) is 14.9. The van der Waals surface area contributed by atoms with Gasteiger partial charge in [-0.3, -0.25) is 9.59 Å². The van der Waals surface area contributed by atoms with Gasteiger partial charge in [0, 0.05) is 43.6 Å². The minimum absolute atomic E-state index is 0.0260. The summed E-state index contributed by atoms with van der Waals surface area (Å²) in [4.78, 5) is 25.9. The molecule has 0 saturated carbocycles. The Morgan fingerprint density at radius 2 is 1.90 bits per heavy atom. The average Bonchev–Trinajstić information content (AvgIpc) is 2.45. The van der Waals surface area contributed by atoms with E-state index < -0.39 is 0 Å². The molecule has 0 bridgehead atoms. The number of fused-ring (bicyclic) bond motifs is 1. The number of hydrogen-bond donors (Lipinski definition) is 0. The Morgan fingerprint density at radius 1 is 1.20 bits per heavy atom. The van der Waals surface area contributed by atoms with Gasteiger partial charge < -0.3 is 14.4 Å². The Kier molecular flexibility index (Phi) is 3.97. The molecule has 1 unspecified atom stereocenters. The zero-order valence-corrected chi connectivity index (χ0v) is 12.2. The van der Waals surface area contributed by atoms with Gasteiger partial charge in [0.25, 0.3) is 0 Å². The van der Waals surface area contributed by atoms with Crippen molar-refractivity contribution in [3.8, 4) is 11.5 Å². The molecule has 5 nitrogen and oxygen atoms in total. The Bertz CT molecular complexity index is 551. The topological polar surface area (TPSA) is 55.8 Å². The number of nitrogens with zero attached hydrogens (tertiary/aromatic N) is 1. The number of carbonyl (C=O) groups excluding carboxylic acids is 2. The summed E-state index contributed by atoms with van der Waals surface area (Å²) in [5.41, 5.74) is 1.40. The SMILES string of the molecule is COc1cc(OC)c2c(c1)C(=O)CC(C(=O)N(C)C)C2. The number of ketones is 1. The number of amides is 1. The van der Waals surface area contributed by atoms with Crippen molar-refractivity contribution in [1.82, 2.24) is 4.90 Å². The van der Waals surface area contributed by atoms with E-state index in [1.807, 2.05) is 0 Å². The predicted octanol–water partition coefficient (Wildman–Crippen LogP) is 1.54. The smallest absolute Gasteiger partial charge is 0.225 e. The molecule has 0 aliphatic heterocycles. The van der Waals surface area contributed by atoms with Crippen LogP contribution in [-0.4, -0.2) is 44.9 Å². The van der Waals surface area contributed by atoms with Crippen LogP contribution in [0.25, 0.3) is 0 Å². The highest BCUT2D eigenvalue weighted by atomic mass is 16.5. The molecule has 1 amide bonds. The number of Topliss-reactive ketones (excluding diaryl/α,β-unsaturated/α-hetero) is 1. The highest BCUT2D eigenvalue weighted by Gasteiger charge is 2.33. The molecule has 1 aliphatic carbocycles. The lowest BCUT2D eigenvalue weighted by molar-refractivity contribution is -0.133. The van der Waals surface area contributed by atoms with Crippen LogP contribution in [0.1, 0.15) is 22.3 Å². The molecule has 1 atom stereocenters. The zero-order valence-electron chi connectivity index (χ0n) is 12.2. The highest BCUT2D eigenvalue weighted by Crippen LogP contribution is 2.36. The van der Waals surface area contributed by atoms with Crippen LogP contribution in [0.2, 0.25) is 0 Å². The molecule has 0 saturated heterocycles. The first kappa shape index (κ1) is 14.4. The second-order valence-corrected chi connectivity index (χ2v) is 5.12. The molecule has 108 valence electrons. The first-order valence-electron chi connectivity index (χ1n) is 6.47. The number of hydrogen-bond acceptors (Lipinski definition) is 4. The van der Waals surface area contributed by atoms with E-state index in [1.165, 1.54) is 4.90 Å². The number of benzene rings is 1. The van der Waals surface area contributed by atoms with E-state index in [1.54, 1.807) is 40.4 Å². The second-order valence-electron chi connectivity index (χ2n) is 5.12. The molecule has 0 N–H and O–H groups in total. The van der Waals surface area contributed by atoms with Crippen LogP contribution in [0.4, 0.5) is 0 Å². The van der Waals surface area contributed by atoms with Gasteiger partial charge in [0.2, 0.25) is 5.91 Å². The first-order valence-corrected chi connectivity index (χ1v) is 6.47. The maximum Gasteiger partial charge on any atom is 0.225 e. The van der Waals surface area contributed by atoms with Crippen molar-refractivity contribution in [2.24, 2.45) is 5.92 Å². The molecule has 1 aromatic carbocycles. The minimum Gasteiger partial charge on any atom is -0.497 e. The van der Waals surface area contributed by atoms with Crippen LogP contribution in [0, 0.1) is 5.92 Å². The van der Waals surface area contributed by atoms with Crippen molar-refractivity contribution in [3.05, 3.63) is 23.3 Å². The summed E-state index contributed by atoms with van der Waals surface area (Å²) < 4.78 is 10.5. The third-order valence-corrected chi connectivity index (χ3v) is 3.61. The minimum atomic E-state index is -0.313. The standard InChI is InChI=1S/C15H19NO4/c1-16(2)15(18)9-5-12-11(13(17)6-9)7-10(19-3)8-14(12)20-4/h7-9H,5-6H2,1-4H3. The van der Waals surface area contributed by atoms with Crippen LogP contribution in [0.3, 0.4) is 0 Å². The fourth-order valence-electron chi connectivity index (χ4n) is 2.57. The summed E-state index contributed by atoms with van der Waals surface area (Å²) in [5, 5.41) is 0. The lowest BCUT2D eigenvalue weighted by atomic mass is 9.81. The second kappa shape index (κ2) is 5.53. The summed E-state index contributed by atoms with van der Waals surface area (Å²) in [6.45, 7) is 0. The summed E-state index contributed by atoms with van der Waals surface area (Å²) in [5.74, 6) is 0.813. The van der Waals surface area contributed by atoms with Gasteiger partial charge in [-0.05, 0) is 12.5 Å². The fraction of sp³-hybridized carbons (Fsp3) is 0.467. The van der Waals surface area contributed by atoms with Gasteiger partial charge in [-0.15, -0.1) is 0 Å². The maximum absolute atomic E-state index is 12.3. The van der Waals surface area contributed by atoms with E-state index >= 15 is 0 Å². The first-order chi connectivity index (χ1) is 9.47. The molecule has 20 heavy (non-hydrogen) atoms. The summed E-state index contributed by atoms with van der Waals surface area (Å²) >= 11 is 0. The van der Waals surface area contributed by atoms with Crippen LogP contribution in [0.15, 0.2) is 12.1 Å². The van der Waals surface area contributed by atoms with Gasteiger partial charge in [0.1, 0.15) is 11.5 Å². The van der Waals surface area contributed by atoms with Gasteiger partial charge in [0.15, 0.2) is 5.78 Å². The molecule has 2 rings (SSSR count). The largest absolute Gasteiger partial charge is 0.497 e. The van der Waals surface area contributed by atoms with Crippen LogP contribution >= 0.6 is 0 Å². The Balaban J connectivity index is 2.44. The van der Waals surface area contributed by atoms with Gasteiger partial charge in [-0.1, -0.05) is 0 Å². The van der Waals surface area contributed by atoms with Gasteiger partial charge in [-0.25, -0.2) is 0 Å². The molecule has 0 heterocycles. The summed E-state index contributed by atoms with van der Waals surface area (Å²) in [7, 11) is 6.50. The summed E-state index contributed by atoms with van der Waals surface area (Å²) in [6, 6.07) is 3.46. The summed E-state index contributed by atoms with van der Waals surface area (Å²) in [6.07, 6.45) is 0.756. The Morgan fingerprint density at radius 3 is 2.45 bits per heavy atom. The van der Waals surface area contributed by atoms with E-state index in [0.29, 0.717) is 23.5 Å². The third-order valence-electron chi connectivity index (χ3n) is 3.61. The van der Waals surface area contributed by atoms with Gasteiger partial charge >= 0.3 is 0 Å². The Labute approximate surface area is 118 Å². The monoisotopic (exact) mass is 277 g/mol. The number of ether oxygens (including phenoxy) is 2. The van der Waals surface area contributed by atoms with Crippen molar-refractivity contribution in [2.45, 2.75) is 12.8 Å². The van der Waals surface area contributed by atoms with Crippen LogP contribution in [-0.2, 0) is 11.2 Å². The molecule has 5 heteroatoms. The fourth-order valence-corrected chi connectivity index (χ4v) is 2.57. The molecular weight excluding hydrogens is 258 g/mol. The van der Waals surface area contributed by atoms with E-state index in [-0.39, 0.29) is 24.0 Å². The van der Waals surface area contributed by atoms with E-state index in [2.05, 4.69) is 0 Å². The number of methoxy groups -OCH3 is 2. The van der Waals surface area contributed by atoms with Crippen molar-refractivity contribution in [1.29, 1.82) is 0 Å². The van der Waals surface area contributed by atoms with Crippen molar-refractivity contribution >= 4 is 11.7 Å². The van der Waals surface area contributed by atoms with E-state index in [0.717, 1.165) is 5.56 Å². The van der Waals surface area contributed by atoms with E-state index in [9.17, 15) is 9.59 Å². The molecule has 0 aromatic heterocycles. The molecule has 0 spiro atoms. The van der Waals surface area contributed by atoms with Gasteiger partial charge in [-0.2, -0.15) is 0 Å². The highest BCUT2D eigenvalue weighted by molar-refractivity contribution is 6.02. The number of carbonyl (C=O) groups is 2. The number of rotatable bonds is 3. The predicted molar refractivity (Wildman–Crippen MR) is 74.4 cm³/mol.